The molecule has 0 saturated carbocycles. The number of nitrogens with zero attached hydrogens (tertiary/aromatic N) is 2. The molecule has 0 atom stereocenters. The van der Waals surface area contributed by atoms with Gasteiger partial charge in [0.1, 0.15) is 0 Å². The molecule has 0 radical (unpaired) electrons. The Morgan fingerprint density at radius 3 is 1.56 bits per heavy atom. The monoisotopic (exact) mass is 432 g/mol. The van der Waals surface area contributed by atoms with Gasteiger partial charge in [-0.2, -0.15) is 0 Å². The van der Waals surface area contributed by atoms with Gasteiger partial charge in [0.15, 0.2) is 0 Å². The van der Waals surface area contributed by atoms with Crippen molar-refractivity contribution in [1.29, 1.82) is 0 Å². The normalized spacial score (nSPS) is 11.5. The van der Waals surface area contributed by atoms with Crippen LogP contribution in [0.5, 0.6) is 0 Å². The standard InChI is InChI=1S/C32H20N2/c1-2-18-34-30(3-1)23-6-4-21(5-7-23)26-12-8-24-11-15-29-27(22-16-19-33-20-17-22)13-9-25-10-14-28(26)31(24)32(25)29/h1-20H. The topological polar surface area (TPSA) is 25.8 Å². The molecule has 2 nitrogen and oxygen atoms in total. The summed E-state index contributed by atoms with van der Waals surface area (Å²) in [5, 5.41) is 7.77. The number of benzene rings is 5. The summed E-state index contributed by atoms with van der Waals surface area (Å²) in [6.07, 6.45) is 5.56. The SMILES string of the molecule is c1ccc(-c2ccc(-c3ccc4ccc5c(-c6ccncc6)ccc6ccc3c4c65)cc2)nc1. The average Bonchev–Trinajstić information content (AvgIpc) is 2.92. The quantitative estimate of drug-likeness (QED) is 0.262. The van der Waals surface area contributed by atoms with Crippen LogP contribution in [-0.2, 0) is 0 Å². The average molecular weight is 433 g/mol. The molecule has 5 aromatic carbocycles. The minimum Gasteiger partial charge on any atom is -0.265 e. The van der Waals surface area contributed by atoms with Crippen LogP contribution in [0.1, 0.15) is 0 Å². The summed E-state index contributed by atoms with van der Waals surface area (Å²) in [6.45, 7) is 0. The Morgan fingerprint density at radius 2 is 0.971 bits per heavy atom. The molecular weight excluding hydrogens is 412 g/mol. The van der Waals surface area contributed by atoms with Crippen LogP contribution in [-0.4, -0.2) is 9.97 Å². The second kappa shape index (κ2) is 7.50. The lowest BCUT2D eigenvalue weighted by Crippen LogP contribution is -1.89. The van der Waals surface area contributed by atoms with Crippen molar-refractivity contribution < 1.29 is 0 Å². The van der Waals surface area contributed by atoms with Gasteiger partial charge in [-0.1, -0.05) is 78.9 Å². The minimum atomic E-state index is 0.994. The molecule has 0 amide bonds. The molecule has 7 aromatic rings. The first-order chi connectivity index (χ1) is 16.9. The van der Waals surface area contributed by atoms with E-state index < -0.39 is 0 Å². The molecular formula is C32H20N2. The lowest BCUT2D eigenvalue weighted by molar-refractivity contribution is 1.33. The number of aromatic nitrogens is 2. The van der Waals surface area contributed by atoms with E-state index >= 15 is 0 Å². The van der Waals surface area contributed by atoms with E-state index in [1.165, 1.54) is 54.6 Å². The minimum absolute atomic E-state index is 0.994. The number of rotatable bonds is 3. The third kappa shape index (κ3) is 2.89. The fourth-order valence-corrected chi connectivity index (χ4v) is 5.19. The maximum Gasteiger partial charge on any atom is 0.0701 e. The molecule has 0 spiro atoms. The Hall–Kier alpha value is -4.56. The van der Waals surface area contributed by atoms with Crippen LogP contribution in [0.15, 0.2) is 122 Å². The Bertz CT molecular complexity index is 1770. The highest BCUT2D eigenvalue weighted by molar-refractivity contribution is 6.27. The predicted molar refractivity (Wildman–Crippen MR) is 142 cm³/mol. The highest BCUT2D eigenvalue weighted by atomic mass is 14.7. The summed E-state index contributed by atoms with van der Waals surface area (Å²) in [5.41, 5.74) is 7.03. The molecule has 2 heteroatoms. The lowest BCUT2D eigenvalue weighted by Gasteiger charge is -2.16. The van der Waals surface area contributed by atoms with Crippen molar-refractivity contribution in [2.24, 2.45) is 0 Å². The zero-order chi connectivity index (χ0) is 22.5. The molecule has 158 valence electrons. The van der Waals surface area contributed by atoms with Gasteiger partial charge in [0.05, 0.1) is 5.69 Å². The van der Waals surface area contributed by atoms with Crippen molar-refractivity contribution >= 4 is 32.3 Å². The van der Waals surface area contributed by atoms with E-state index in [-0.39, 0.29) is 0 Å². The van der Waals surface area contributed by atoms with Crippen LogP contribution in [0.3, 0.4) is 0 Å². The molecule has 2 heterocycles. The smallest absolute Gasteiger partial charge is 0.0701 e. The highest BCUT2D eigenvalue weighted by Gasteiger charge is 2.14. The van der Waals surface area contributed by atoms with E-state index in [0.717, 1.165) is 11.3 Å². The molecule has 0 aliphatic rings. The van der Waals surface area contributed by atoms with Gasteiger partial charge in [0, 0.05) is 24.2 Å². The van der Waals surface area contributed by atoms with Crippen molar-refractivity contribution in [3.63, 3.8) is 0 Å². The van der Waals surface area contributed by atoms with Crippen molar-refractivity contribution in [1.82, 2.24) is 9.97 Å². The Morgan fingerprint density at radius 1 is 0.412 bits per heavy atom. The summed E-state index contributed by atoms with van der Waals surface area (Å²) in [4.78, 5) is 8.69. The second-order valence-electron chi connectivity index (χ2n) is 8.68. The Balaban J connectivity index is 1.46. The number of hydrogen-bond donors (Lipinski definition) is 0. The summed E-state index contributed by atoms with van der Waals surface area (Å²) < 4.78 is 0. The molecule has 0 fully saturated rings. The van der Waals surface area contributed by atoms with E-state index in [4.69, 9.17) is 0 Å². The van der Waals surface area contributed by atoms with Gasteiger partial charge in [-0.15, -0.1) is 0 Å². The van der Waals surface area contributed by atoms with Crippen molar-refractivity contribution in [2.45, 2.75) is 0 Å². The summed E-state index contributed by atoms with van der Waals surface area (Å²) in [7, 11) is 0. The molecule has 0 bridgehead atoms. The van der Waals surface area contributed by atoms with Crippen molar-refractivity contribution in [3.8, 4) is 33.5 Å². The van der Waals surface area contributed by atoms with Crippen LogP contribution in [0.2, 0.25) is 0 Å². The zero-order valence-electron chi connectivity index (χ0n) is 18.4. The highest BCUT2D eigenvalue weighted by Crippen LogP contribution is 2.42. The van der Waals surface area contributed by atoms with Crippen LogP contribution >= 0.6 is 0 Å². The fraction of sp³-hybridized carbons (Fsp3) is 0. The molecule has 0 aliphatic carbocycles. The third-order valence-corrected chi connectivity index (χ3v) is 6.81. The van der Waals surface area contributed by atoms with E-state index in [1.54, 1.807) is 0 Å². The van der Waals surface area contributed by atoms with Crippen molar-refractivity contribution in [2.75, 3.05) is 0 Å². The van der Waals surface area contributed by atoms with E-state index in [2.05, 4.69) is 94.9 Å². The third-order valence-electron chi connectivity index (χ3n) is 6.81. The molecule has 34 heavy (non-hydrogen) atoms. The van der Waals surface area contributed by atoms with Crippen molar-refractivity contribution in [3.05, 3.63) is 122 Å². The van der Waals surface area contributed by atoms with Gasteiger partial charge in [0.2, 0.25) is 0 Å². The van der Waals surface area contributed by atoms with Crippen LogP contribution in [0, 0.1) is 0 Å². The van der Waals surface area contributed by atoms with Gasteiger partial charge in [-0.25, -0.2) is 0 Å². The van der Waals surface area contributed by atoms with E-state index in [0.29, 0.717) is 0 Å². The lowest BCUT2D eigenvalue weighted by atomic mass is 9.87. The van der Waals surface area contributed by atoms with Crippen LogP contribution in [0.25, 0.3) is 65.8 Å². The summed E-state index contributed by atoms with van der Waals surface area (Å²) in [6, 6.07) is 37.0. The zero-order valence-corrected chi connectivity index (χ0v) is 18.4. The maximum atomic E-state index is 4.49. The molecule has 7 rings (SSSR count). The molecule has 2 aromatic heterocycles. The van der Waals surface area contributed by atoms with Gasteiger partial charge in [-0.3, -0.25) is 9.97 Å². The van der Waals surface area contributed by atoms with E-state index in [1.807, 2.05) is 36.8 Å². The van der Waals surface area contributed by atoms with Gasteiger partial charge in [-0.05, 0) is 78.8 Å². The first-order valence-corrected chi connectivity index (χ1v) is 11.5. The number of hydrogen-bond acceptors (Lipinski definition) is 2. The Kier molecular flexibility index (Phi) is 4.18. The van der Waals surface area contributed by atoms with Gasteiger partial charge >= 0.3 is 0 Å². The predicted octanol–water partition coefficient (Wildman–Crippen LogP) is 8.38. The summed E-state index contributed by atoms with van der Waals surface area (Å²) >= 11 is 0. The molecule has 0 N–H and O–H groups in total. The first kappa shape index (κ1) is 19.0. The number of pyridine rings is 2. The summed E-state index contributed by atoms with van der Waals surface area (Å²) in [5.74, 6) is 0. The Labute approximate surface area is 197 Å². The fourth-order valence-electron chi connectivity index (χ4n) is 5.19. The second-order valence-corrected chi connectivity index (χ2v) is 8.68. The molecule has 0 saturated heterocycles. The maximum absolute atomic E-state index is 4.49. The van der Waals surface area contributed by atoms with E-state index in [9.17, 15) is 0 Å². The van der Waals surface area contributed by atoms with Crippen LogP contribution < -0.4 is 0 Å². The largest absolute Gasteiger partial charge is 0.265 e. The molecule has 0 aliphatic heterocycles. The van der Waals surface area contributed by atoms with Gasteiger partial charge in [0.25, 0.3) is 0 Å². The molecule has 0 unspecified atom stereocenters. The van der Waals surface area contributed by atoms with Crippen LogP contribution in [0.4, 0.5) is 0 Å². The first-order valence-electron chi connectivity index (χ1n) is 11.5. The van der Waals surface area contributed by atoms with Gasteiger partial charge < -0.3 is 0 Å².